The molecule has 0 aliphatic rings. The molecule has 2 aromatic carbocycles. The number of hydrogen-bond donors (Lipinski definition) is 0. The average molecular weight is 386 g/mol. The SMILES string of the molecule is CCn1c(=O)oc2cc(Cl)c(S(=O)(=O)Cc3ccc(Cl)cc3)cc21. The fourth-order valence-corrected chi connectivity index (χ4v) is 4.55. The van der Waals surface area contributed by atoms with E-state index in [0.29, 0.717) is 22.6 Å². The van der Waals surface area contributed by atoms with Crippen LogP contribution < -0.4 is 5.76 Å². The Hall–Kier alpha value is -1.76. The van der Waals surface area contributed by atoms with E-state index in [1.807, 2.05) is 0 Å². The van der Waals surface area contributed by atoms with Gasteiger partial charge in [-0.1, -0.05) is 35.3 Å². The summed E-state index contributed by atoms with van der Waals surface area (Å²) in [6.45, 7) is 2.14. The van der Waals surface area contributed by atoms with Gasteiger partial charge in [-0.2, -0.15) is 0 Å². The summed E-state index contributed by atoms with van der Waals surface area (Å²) in [6, 6.07) is 9.29. The van der Waals surface area contributed by atoms with Gasteiger partial charge in [-0.25, -0.2) is 13.2 Å². The van der Waals surface area contributed by atoms with Gasteiger partial charge in [0.2, 0.25) is 0 Å². The zero-order chi connectivity index (χ0) is 17.5. The molecule has 0 saturated heterocycles. The Balaban J connectivity index is 2.11. The van der Waals surface area contributed by atoms with Gasteiger partial charge in [-0.15, -0.1) is 0 Å². The Kier molecular flexibility index (Phi) is 4.46. The summed E-state index contributed by atoms with van der Waals surface area (Å²) in [5, 5.41) is 0.550. The Labute approximate surface area is 148 Å². The molecule has 0 bridgehead atoms. The highest BCUT2D eigenvalue weighted by Crippen LogP contribution is 2.29. The van der Waals surface area contributed by atoms with E-state index < -0.39 is 15.6 Å². The Morgan fingerprint density at radius 3 is 2.42 bits per heavy atom. The first-order valence-corrected chi connectivity index (χ1v) is 9.52. The van der Waals surface area contributed by atoms with Crippen LogP contribution in [0.5, 0.6) is 0 Å². The molecule has 1 heterocycles. The average Bonchev–Trinajstić information content (AvgIpc) is 2.82. The molecule has 0 aliphatic carbocycles. The zero-order valence-electron chi connectivity index (χ0n) is 12.6. The summed E-state index contributed by atoms with van der Waals surface area (Å²) in [5.41, 5.74) is 1.26. The molecular weight excluding hydrogens is 373 g/mol. The Bertz CT molecular complexity index is 1070. The second-order valence-corrected chi connectivity index (χ2v) is 8.05. The van der Waals surface area contributed by atoms with Gasteiger partial charge < -0.3 is 4.42 Å². The fraction of sp³-hybridized carbons (Fsp3) is 0.188. The van der Waals surface area contributed by atoms with Gasteiger partial charge in [0, 0.05) is 17.6 Å². The molecule has 0 fully saturated rings. The molecule has 0 unspecified atom stereocenters. The van der Waals surface area contributed by atoms with Crippen molar-refractivity contribution in [3.8, 4) is 0 Å². The van der Waals surface area contributed by atoms with Crippen molar-refractivity contribution in [1.82, 2.24) is 4.57 Å². The summed E-state index contributed by atoms with van der Waals surface area (Å²) >= 11 is 11.9. The number of nitrogens with zero attached hydrogens (tertiary/aromatic N) is 1. The molecule has 24 heavy (non-hydrogen) atoms. The molecule has 8 heteroatoms. The first-order valence-electron chi connectivity index (χ1n) is 7.12. The second-order valence-electron chi connectivity index (χ2n) is 5.25. The quantitative estimate of drug-likeness (QED) is 0.682. The zero-order valence-corrected chi connectivity index (χ0v) is 15.0. The van der Waals surface area contributed by atoms with Crippen LogP contribution in [0.1, 0.15) is 12.5 Å². The van der Waals surface area contributed by atoms with Gasteiger partial charge in [-0.05, 0) is 30.7 Å². The minimum Gasteiger partial charge on any atom is -0.408 e. The van der Waals surface area contributed by atoms with Gasteiger partial charge in [0.05, 0.1) is 21.2 Å². The maximum atomic E-state index is 12.7. The number of benzene rings is 2. The third kappa shape index (κ3) is 3.09. The van der Waals surface area contributed by atoms with Crippen molar-refractivity contribution in [2.75, 3.05) is 0 Å². The van der Waals surface area contributed by atoms with Crippen LogP contribution >= 0.6 is 23.2 Å². The highest BCUT2D eigenvalue weighted by atomic mass is 35.5. The number of sulfone groups is 1. The summed E-state index contributed by atoms with van der Waals surface area (Å²) in [6.07, 6.45) is 0. The van der Waals surface area contributed by atoms with Crippen LogP contribution in [0, 0.1) is 0 Å². The van der Waals surface area contributed by atoms with Crippen LogP contribution in [0.2, 0.25) is 10.0 Å². The normalized spacial score (nSPS) is 12.0. The second kappa shape index (κ2) is 6.27. The van der Waals surface area contributed by atoms with Crippen LogP contribution in [-0.2, 0) is 22.1 Å². The molecule has 0 radical (unpaired) electrons. The Morgan fingerprint density at radius 2 is 1.79 bits per heavy atom. The minimum atomic E-state index is -3.70. The molecule has 0 saturated carbocycles. The number of aromatic nitrogens is 1. The molecule has 1 aromatic heterocycles. The summed E-state index contributed by atoms with van der Waals surface area (Å²) in [4.78, 5) is 11.7. The lowest BCUT2D eigenvalue weighted by molar-refractivity contribution is 0.513. The van der Waals surface area contributed by atoms with Gasteiger partial charge in [-0.3, -0.25) is 4.57 Å². The largest absolute Gasteiger partial charge is 0.419 e. The van der Waals surface area contributed by atoms with Crippen LogP contribution in [0.4, 0.5) is 0 Å². The van der Waals surface area contributed by atoms with E-state index in [9.17, 15) is 13.2 Å². The van der Waals surface area contributed by atoms with Crippen molar-refractivity contribution in [2.45, 2.75) is 24.1 Å². The van der Waals surface area contributed by atoms with E-state index in [4.69, 9.17) is 27.6 Å². The van der Waals surface area contributed by atoms with Gasteiger partial charge in [0.1, 0.15) is 0 Å². The van der Waals surface area contributed by atoms with E-state index in [0.717, 1.165) is 0 Å². The van der Waals surface area contributed by atoms with Crippen LogP contribution in [-0.4, -0.2) is 13.0 Å². The molecule has 3 aromatic rings. The number of halogens is 2. The lowest BCUT2D eigenvalue weighted by Crippen LogP contribution is -2.12. The molecule has 5 nitrogen and oxygen atoms in total. The minimum absolute atomic E-state index is 0.0217. The molecule has 126 valence electrons. The first-order chi connectivity index (χ1) is 11.3. The molecule has 0 spiro atoms. The molecule has 0 N–H and O–H groups in total. The van der Waals surface area contributed by atoms with Crippen LogP contribution in [0.25, 0.3) is 11.1 Å². The van der Waals surface area contributed by atoms with Gasteiger partial charge >= 0.3 is 5.76 Å². The standard InChI is InChI=1S/C16H13Cl2NO4S/c1-2-19-13-8-15(12(18)7-14(13)23-16(19)20)24(21,22)9-10-3-5-11(17)6-4-10/h3-8H,2,9H2,1H3. The third-order valence-electron chi connectivity index (χ3n) is 3.64. The van der Waals surface area contributed by atoms with E-state index in [2.05, 4.69) is 0 Å². The number of aryl methyl sites for hydroxylation is 1. The summed E-state index contributed by atoms with van der Waals surface area (Å²) in [5.74, 6) is -0.764. The molecule has 3 rings (SSSR count). The van der Waals surface area contributed by atoms with Crippen molar-refractivity contribution in [1.29, 1.82) is 0 Å². The highest BCUT2D eigenvalue weighted by molar-refractivity contribution is 7.90. The third-order valence-corrected chi connectivity index (χ3v) is 6.04. The topological polar surface area (TPSA) is 69.3 Å². The number of oxazole rings is 1. The number of hydrogen-bond acceptors (Lipinski definition) is 4. The van der Waals surface area contributed by atoms with E-state index >= 15 is 0 Å². The number of fused-ring (bicyclic) bond motifs is 1. The molecule has 0 aliphatic heterocycles. The van der Waals surface area contributed by atoms with E-state index in [1.165, 1.54) is 16.7 Å². The van der Waals surface area contributed by atoms with Crippen molar-refractivity contribution < 1.29 is 12.8 Å². The molecule has 0 amide bonds. The maximum Gasteiger partial charge on any atom is 0.419 e. The fourth-order valence-electron chi connectivity index (χ4n) is 2.48. The van der Waals surface area contributed by atoms with Gasteiger partial charge in [0.25, 0.3) is 0 Å². The Morgan fingerprint density at radius 1 is 1.12 bits per heavy atom. The smallest absolute Gasteiger partial charge is 0.408 e. The molecular formula is C16H13Cl2NO4S. The summed E-state index contributed by atoms with van der Waals surface area (Å²) in [7, 11) is -3.70. The van der Waals surface area contributed by atoms with E-state index in [1.54, 1.807) is 31.2 Å². The predicted molar refractivity (Wildman–Crippen MR) is 93.5 cm³/mol. The van der Waals surface area contributed by atoms with Crippen molar-refractivity contribution >= 4 is 44.1 Å². The van der Waals surface area contributed by atoms with Gasteiger partial charge in [0.15, 0.2) is 15.4 Å². The predicted octanol–water partition coefficient (Wildman–Crippen LogP) is 3.90. The highest BCUT2D eigenvalue weighted by Gasteiger charge is 2.22. The van der Waals surface area contributed by atoms with Crippen LogP contribution in [0.3, 0.4) is 0 Å². The summed E-state index contributed by atoms with van der Waals surface area (Å²) < 4.78 is 31.9. The number of rotatable bonds is 4. The maximum absolute atomic E-state index is 12.7. The molecule has 0 atom stereocenters. The van der Waals surface area contributed by atoms with Crippen molar-refractivity contribution in [3.63, 3.8) is 0 Å². The monoisotopic (exact) mass is 385 g/mol. The lowest BCUT2D eigenvalue weighted by atomic mass is 10.2. The first kappa shape index (κ1) is 17.1. The van der Waals surface area contributed by atoms with E-state index in [-0.39, 0.29) is 21.3 Å². The van der Waals surface area contributed by atoms with Crippen molar-refractivity contribution in [2.24, 2.45) is 0 Å². The lowest BCUT2D eigenvalue weighted by Gasteiger charge is -2.08. The van der Waals surface area contributed by atoms with Crippen molar-refractivity contribution in [3.05, 3.63) is 62.6 Å². The van der Waals surface area contributed by atoms with Crippen LogP contribution in [0.15, 0.2) is 50.5 Å².